The summed E-state index contributed by atoms with van der Waals surface area (Å²) in [6, 6.07) is 0. The van der Waals surface area contributed by atoms with Crippen LogP contribution in [0.25, 0.3) is 0 Å². The molecule has 0 aliphatic carbocycles. The maximum Gasteiger partial charge on any atom is 0.218 e. The van der Waals surface area contributed by atoms with E-state index in [-0.39, 0.29) is 10.5 Å². The number of rotatable bonds is 1. The molecular formula is C6H5BrClNO2. The van der Waals surface area contributed by atoms with Crippen LogP contribution in [0.3, 0.4) is 0 Å². The van der Waals surface area contributed by atoms with Crippen molar-refractivity contribution in [1.82, 2.24) is 4.98 Å². The predicted octanol–water partition coefficient (Wildman–Crippen LogP) is 1.80. The average Bonchev–Trinajstić information content (AvgIpc) is 2.01. The summed E-state index contributed by atoms with van der Waals surface area (Å²) in [7, 11) is 1.46. The molecule has 1 heterocycles. The second-order valence-electron chi connectivity index (χ2n) is 1.81. The molecule has 0 unspecified atom stereocenters. The van der Waals surface area contributed by atoms with E-state index in [1.807, 2.05) is 0 Å². The molecule has 0 aliphatic rings. The zero-order chi connectivity index (χ0) is 8.43. The minimum atomic E-state index is -0.276. The van der Waals surface area contributed by atoms with Gasteiger partial charge in [-0.3, -0.25) is 4.79 Å². The maximum atomic E-state index is 11.1. The molecule has 60 valence electrons. The van der Waals surface area contributed by atoms with Crippen molar-refractivity contribution < 1.29 is 4.74 Å². The number of ether oxygens (including phenoxy) is 1. The molecule has 0 saturated carbocycles. The Hall–Kier alpha value is -0.480. The van der Waals surface area contributed by atoms with Crippen molar-refractivity contribution in [1.29, 1.82) is 0 Å². The molecule has 1 rings (SSSR count). The molecule has 0 atom stereocenters. The summed E-state index contributed by atoms with van der Waals surface area (Å²) in [6.07, 6.45) is 1.38. The highest BCUT2D eigenvalue weighted by atomic mass is 79.9. The van der Waals surface area contributed by atoms with Crippen LogP contribution >= 0.6 is 27.5 Å². The SMILES string of the molecule is COc1[nH]cc(Cl)c(=O)c1Br. The number of pyridine rings is 1. The number of halogens is 2. The number of H-pyrrole nitrogens is 1. The van der Waals surface area contributed by atoms with Gasteiger partial charge in [0.15, 0.2) is 0 Å². The third-order valence-corrected chi connectivity index (χ3v) is 2.15. The standard InChI is InChI=1S/C6H5BrClNO2/c1-11-6-4(7)5(10)3(8)2-9-6/h2H,1H3,(H,9,10). The average molecular weight is 238 g/mol. The summed E-state index contributed by atoms with van der Waals surface area (Å²) < 4.78 is 5.13. The Morgan fingerprint density at radius 1 is 1.73 bits per heavy atom. The molecule has 5 heteroatoms. The van der Waals surface area contributed by atoms with Crippen LogP contribution in [-0.4, -0.2) is 12.1 Å². The highest BCUT2D eigenvalue weighted by Crippen LogP contribution is 2.18. The van der Waals surface area contributed by atoms with Gasteiger partial charge in [-0.25, -0.2) is 0 Å². The summed E-state index contributed by atoms with van der Waals surface area (Å²) in [4.78, 5) is 13.8. The third kappa shape index (κ3) is 1.57. The number of nitrogens with one attached hydrogen (secondary N) is 1. The Morgan fingerprint density at radius 3 is 2.91 bits per heavy atom. The van der Waals surface area contributed by atoms with Gasteiger partial charge in [0.05, 0.1) is 7.11 Å². The molecule has 0 aromatic carbocycles. The molecular weight excluding hydrogens is 233 g/mol. The molecule has 0 spiro atoms. The number of aromatic nitrogens is 1. The molecule has 11 heavy (non-hydrogen) atoms. The second kappa shape index (κ2) is 3.28. The van der Waals surface area contributed by atoms with E-state index < -0.39 is 0 Å². The first-order valence-electron chi connectivity index (χ1n) is 2.77. The smallest absolute Gasteiger partial charge is 0.218 e. The monoisotopic (exact) mass is 237 g/mol. The fraction of sp³-hybridized carbons (Fsp3) is 0.167. The highest BCUT2D eigenvalue weighted by Gasteiger charge is 2.06. The van der Waals surface area contributed by atoms with Crippen LogP contribution in [0.5, 0.6) is 5.88 Å². The summed E-state index contributed by atoms with van der Waals surface area (Å²) in [5.41, 5.74) is -0.276. The summed E-state index contributed by atoms with van der Waals surface area (Å²) >= 11 is 8.55. The zero-order valence-corrected chi connectivity index (χ0v) is 7.99. The van der Waals surface area contributed by atoms with E-state index in [0.717, 1.165) is 0 Å². The van der Waals surface area contributed by atoms with Crippen LogP contribution in [0.1, 0.15) is 0 Å². The molecule has 0 amide bonds. The van der Waals surface area contributed by atoms with E-state index in [1.54, 1.807) is 0 Å². The Labute approximate surface area is 76.5 Å². The Morgan fingerprint density at radius 2 is 2.36 bits per heavy atom. The van der Waals surface area contributed by atoms with E-state index in [9.17, 15) is 4.79 Å². The van der Waals surface area contributed by atoms with Crippen LogP contribution in [0, 0.1) is 0 Å². The second-order valence-corrected chi connectivity index (χ2v) is 3.01. The van der Waals surface area contributed by atoms with Crippen molar-refractivity contribution in [2.24, 2.45) is 0 Å². The molecule has 0 bridgehead atoms. The normalized spacial score (nSPS) is 9.73. The minimum absolute atomic E-state index is 0.137. The fourth-order valence-electron chi connectivity index (χ4n) is 0.614. The van der Waals surface area contributed by atoms with Gasteiger partial charge in [0.1, 0.15) is 9.50 Å². The fourth-order valence-corrected chi connectivity index (χ4v) is 1.37. The van der Waals surface area contributed by atoms with Crippen LogP contribution in [0.15, 0.2) is 15.5 Å². The quantitative estimate of drug-likeness (QED) is 0.811. The molecule has 0 fully saturated rings. The van der Waals surface area contributed by atoms with E-state index in [1.165, 1.54) is 13.3 Å². The topological polar surface area (TPSA) is 42.1 Å². The van der Waals surface area contributed by atoms with Gasteiger partial charge in [-0.2, -0.15) is 0 Å². The van der Waals surface area contributed by atoms with Crippen molar-refractivity contribution in [3.05, 3.63) is 25.9 Å². The lowest BCUT2D eigenvalue weighted by atomic mass is 10.5. The van der Waals surface area contributed by atoms with E-state index in [4.69, 9.17) is 16.3 Å². The minimum Gasteiger partial charge on any atom is -0.481 e. The van der Waals surface area contributed by atoms with Crippen LogP contribution < -0.4 is 10.2 Å². The van der Waals surface area contributed by atoms with Crippen LogP contribution in [0.2, 0.25) is 5.02 Å². The van der Waals surface area contributed by atoms with Crippen LogP contribution in [-0.2, 0) is 0 Å². The molecule has 3 nitrogen and oxygen atoms in total. The van der Waals surface area contributed by atoms with Crippen molar-refractivity contribution in [2.45, 2.75) is 0 Å². The van der Waals surface area contributed by atoms with Gasteiger partial charge in [0.25, 0.3) is 0 Å². The van der Waals surface area contributed by atoms with Crippen molar-refractivity contribution in [3.8, 4) is 5.88 Å². The lowest BCUT2D eigenvalue weighted by Crippen LogP contribution is -2.05. The summed E-state index contributed by atoms with van der Waals surface area (Å²) in [5.74, 6) is 0.374. The maximum absolute atomic E-state index is 11.1. The van der Waals surface area contributed by atoms with Gasteiger partial charge in [0.2, 0.25) is 11.3 Å². The lowest BCUT2D eigenvalue weighted by molar-refractivity contribution is 0.394. The van der Waals surface area contributed by atoms with E-state index >= 15 is 0 Å². The highest BCUT2D eigenvalue weighted by molar-refractivity contribution is 9.10. The number of methoxy groups -OCH3 is 1. The van der Waals surface area contributed by atoms with Gasteiger partial charge in [0, 0.05) is 6.20 Å². The molecule has 1 N–H and O–H groups in total. The number of hydrogen-bond acceptors (Lipinski definition) is 2. The van der Waals surface area contributed by atoms with Gasteiger partial charge in [-0.1, -0.05) is 11.6 Å². The first-order chi connectivity index (χ1) is 5.16. The zero-order valence-electron chi connectivity index (χ0n) is 5.65. The first kappa shape index (κ1) is 8.62. The molecule has 1 aromatic heterocycles. The Balaban J connectivity index is 3.37. The van der Waals surface area contributed by atoms with Crippen LogP contribution in [0.4, 0.5) is 0 Å². The molecule has 0 aliphatic heterocycles. The summed E-state index contributed by atoms with van der Waals surface area (Å²) in [5, 5.41) is 0.137. The van der Waals surface area contributed by atoms with E-state index in [2.05, 4.69) is 20.9 Å². The van der Waals surface area contributed by atoms with Gasteiger partial charge in [-0.15, -0.1) is 0 Å². The molecule has 0 saturated heterocycles. The summed E-state index contributed by atoms with van der Waals surface area (Å²) in [6.45, 7) is 0. The Bertz CT molecular complexity index is 323. The molecule has 0 radical (unpaired) electrons. The molecule has 1 aromatic rings. The first-order valence-corrected chi connectivity index (χ1v) is 3.94. The Kier molecular flexibility index (Phi) is 2.57. The van der Waals surface area contributed by atoms with Gasteiger partial charge >= 0.3 is 0 Å². The predicted molar refractivity (Wildman–Crippen MR) is 46.3 cm³/mol. The number of aromatic amines is 1. The van der Waals surface area contributed by atoms with Crippen molar-refractivity contribution in [3.63, 3.8) is 0 Å². The van der Waals surface area contributed by atoms with Gasteiger partial charge in [-0.05, 0) is 15.9 Å². The number of hydrogen-bond donors (Lipinski definition) is 1. The van der Waals surface area contributed by atoms with Crippen molar-refractivity contribution in [2.75, 3.05) is 7.11 Å². The third-order valence-electron chi connectivity index (χ3n) is 1.15. The van der Waals surface area contributed by atoms with Crippen molar-refractivity contribution >= 4 is 27.5 Å². The lowest BCUT2D eigenvalue weighted by Gasteiger charge is -2.00. The van der Waals surface area contributed by atoms with Gasteiger partial charge < -0.3 is 9.72 Å². The largest absolute Gasteiger partial charge is 0.481 e. The van der Waals surface area contributed by atoms with E-state index in [0.29, 0.717) is 10.4 Å².